The Kier molecular flexibility index (Phi) is 16.7. The SMILES string of the molecule is CC(C)(C)C(CC#N)Nc1nc(Cl)ncc1F.CC(C)(C)C(N)CC#N.Cl.Fc1cnc(Cl)nc1Cl. The normalized spacial score (nSPS) is 12.2. The molecule has 2 atom stereocenters. The molecule has 14 heteroatoms. The Morgan fingerprint density at radius 1 is 0.889 bits per heavy atom. The van der Waals surface area contributed by atoms with Crippen molar-refractivity contribution in [1.29, 1.82) is 10.5 Å². The van der Waals surface area contributed by atoms with Gasteiger partial charge in [-0.15, -0.1) is 12.4 Å². The summed E-state index contributed by atoms with van der Waals surface area (Å²) in [6, 6.07) is 3.90. The van der Waals surface area contributed by atoms with Crippen LogP contribution in [-0.4, -0.2) is 32.0 Å². The number of rotatable bonds is 4. The lowest BCUT2D eigenvalue weighted by molar-refractivity contribution is 0.324. The summed E-state index contributed by atoms with van der Waals surface area (Å²) in [5.41, 5.74) is 5.51. The van der Waals surface area contributed by atoms with E-state index in [4.69, 9.17) is 51.1 Å². The van der Waals surface area contributed by atoms with E-state index >= 15 is 0 Å². The average Bonchev–Trinajstić information content (AvgIpc) is 2.73. The van der Waals surface area contributed by atoms with Gasteiger partial charge >= 0.3 is 0 Å². The van der Waals surface area contributed by atoms with E-state index in [2.05, 4.69) is 31.3 Å². The van der Waals surface area contributed by atoms with Gasteiger partial charge in [-0.1, -0.05) is 53.1 Å². The van der Waals surface area contributed by atoms with E-state index in [-0.39, 0.29) is 63.3 Å². The minimum atomic E-state index is -0.666. The number of nitrogens with two attached hydrogens (primary N) is 1. The number of halogens is 6. The number of aromatic nitrogens is 4. The lowest BCUT2D eigenvalue weighted by Crippen LogP contribution is -2.34. The highest BCUT2D eigenvalue weighted by atomic mass is 35.5. The van der Waals surface area contributed by atoms with Crippen molar-refractivity contribution in [2.45, 2.75) is 66.5 Å². The first-order valence-corrected chi connectivity index (χ1v) is 11.4. The molecule has 0 radical (unpaired) electrons. The number of nitriles is 2. The van der Waals surface area contributed by atoms with Crippen molar-refractivity contribution in [3.8, 4) is 12.1 Å². The fraction of sp³-hybridized carbons (Fsp3) is 0.545. The second-order valence-electron chi connectivity index (χ2n) is 9.37. The highest BCUT2D eigenvalue weighted by Crippen LogP contribution is 2.26. The monoisotopic (exact) mass is 584 g/mol. The molecule has 0 spiro atoms. The summed E-state index contributed by atoms with van der Waals surface area (Å²) < 4.78 is 25.6. The highest BCUT2D eigenvalue weighted by Gasteiger charge is 2.25. The molecule has 2 unspecified atom stereocenters. The molecular formula is C22H30Cl4F2N8. The number of nitrogens with one attached hydrogen (secondary N) is 1. The summed E-state index contributed by atoms with van der Waals surface area (Å²) in [5, 5.41) is 19.6. The largest absolute Gasteiger partial charge is 0.363 e. The first-order chi connectivity index (χ1) is 16.0. The molecule has 0 amide bonds. The molecule has 3 N–H and O–H groups in total. The van der Waals surface area contributed by atoms with Crippen LogP contribution >= 0.6 is 47.2 Å². The molecular weight excluding hydrogens is 556 g/mol. The zero-order chi connectivity index (χ0) is 27.4. The molecule has 0 aliphatic carbocycles. The van der Waals surface area contributed by atoms with Crippen LogP contribution in [0.1, 0.15) is 54.4 Å². The van der Waals surface area contributed by atoms with Crippen LogP contribution in [0, 0.1) is 45.1 Å². The summed E-state index contributed by atoms with van der Waals surface area (Å²) in [5.74, 6) is -1.22. The van der Waals surface area contributed by atoms with E-state index in [0.29, 0.717) is 6.42 Å². The third kappa shape index (κ3) is 14.5. The second-order valence-corrected chi connectivity index (χ2v) is 10.4. The minimum Gasteiger partial charge on any atom is -0.363 e. The quantitative estimate of drug-likeness (QED) is 0.301. The maximum atomic E-state index is 13.4. The van der Waals surface area contributed by atoms with E-state index in [0.717, 1.165) is 12.4 Å². The third-order valence-corrected chi connectivity index (χ3v) is 5.09. The van der Waals surface area contributed by atoms with Crippen molar-refractivity contribution in [2.24, 2.45) is 16.6 Å². The predicted octanol–water partition coefficient (Wildman–Crippen LogP) is 6.63. The Balaban J connectivity index is 0. The lowest BCUT2D eigenvalue weighted by atomic mass is 9.85. The number of nitrogens with zero attached hydrogens (tertiary/aromatic N) is 6. The Hall–Kier alpha value is -2.08. The van der Waals surface area contributed by atoms with Crippen molar-refractivity contribution in [3.63, 3.8) is 0 Å². The summed E-state index contributed by atoms with van der Waals surface area (Å²) in [6.07, 6.45) is 2.62. The summed E-state index contributed by atoms with van der Waals surface area (Å²) in [7, 11) is 0. The molecule has 2 aromatic rings. The molecule has 0 aliphatic rings. The second kappa shape index (κ2) is 16.6. The summed E-state index contributed by atoms with van der Waals surface area (Å²) >= 11 is 16.0. The minimum absolute atomic E-state index is 0. The van der Waals surface area contributed by atoms with Gasteiger partial charge in [0.1, 0.15) is 0 Å². The fourth-order valence-corrected chi connectivity index (χ4v) is 2.45. The smallest absolute Gasteiger partial charge is 0.224 e. The maximum absolute atomic E-state index is 13.4. The van der Waals surface area contributed by atoms with E-state index in [1.54, 1.807) is 0 Å². The zero-order valence-electron chi connectivity index (χ0n) is 20.8. The average molecular weight is 586 g/mol. The van der Waals surface area contributed by atoms with Crippen molar-refractivity contribution in [2.75, 3.05) is 5.32 Å². The van der Waals surface area contributed by atoms with Crippen molar-refractivity contribution < 1.29 is 8.78 Å². The molecule has 2 heterocycles. The first-order valence-electron chi connectivity index (χ1n) is 10.3. The van der Waals surface area contributed by atoms with Crippen LogP contribution in [-0.2, 0) is 0 Å². The molecule has 36 heavy (non-hydrogen) atoms. The fourth-order valence-electron chi connectivity index (χ4n) is 2.01. The molecule has 0 aliphatic heterocycles. The lowest BCUT2D eigenvalue weighted by Gasteiger charge is -2.30. The molecule has 2 rings (SSSR count). The Bertz CT molecular complexity index is 1030. The van der Waals surface area contributed by atoms with E-state index in [1.807, 2.05) is 47.6 Å². The van der Waals surface area contributed by atoms with Gasteiger partial charge in [0.05, 0.1) is 37.4 Å². The molecule has 200 valence electrons. The van der Waals surface area contributed by atoms with Crippen molar-refractivity contribution in [1.82, 2.24) is 19.9 Å². The van der Waals surface area contributed by atoms with Crippen molar-refractivity contribution >= 4 is 53.0 Å². The van der Waals surface area contributed by atoms with Gasteiger partial charge in [0.15, 0.2) is 22.6 Å². The molecule has 0 aromatic carbocycles. The topological polar surface area (TPSA) is 137 Å². The Morgan fingerprint density at radius 2 is 1.36 bits per heavy atom. The molecule has 0 saturated heterocycles. The molecule has 8 nitrogen and oxygen atoms in total. The number of anilines is 1. The van der Waals surface area contributed by atoms with Gasteiger partial charge in [-0.05, 0) is 34.0 Å². The standard InChI is InChI=1S/C11H14ClFN4.C7H14N2.C4HCl2FN2.ClH/c1-11(2,3)8(4-5-14)16-9-7(13)6-15-10(12)17-9;1-7(2,3)6(9)4-5-8;5-3-2(7)1-8-4(6)9-3;/h6,8H,4H2,1-3H3,(H,15,16,17);6H,4,9H2,1-3H3;1H;1H. The van der Waals surface area contributed by atoms with Gasteiger partial charge in [-0.3, -0.25) is 0 Å². The van der Waals surface area contributed by atoms with Crippen LogP contribution in [0.15, 0.2) is 12.4 Å². The Morgan fingerprint density at radius 3 is 1.72 bits per heavy atom. The van der Waals surface area contributed by atoms with Crippen LogP contribution in [0.25, 0.3) is 0 Å². The van der Waals surface area contributed by atoms with Crippen LogP contribution < -0.4 is 11.1 Å². The van der Waals surface area contributed by atoms with Crippen LogP contribution in [0.2, 0.25) is 15.7 Å². The van der Waals surface area contributed by atoms with Gasteiger partial charge in [0.2, 0.25) is 10.6 Å². The van der Waals surface area contributed by atoms with Crippen LogP contribution in [0.4, 0.5) is 14.6 Å². The van der Waals surface area contributed by atoms with Gasteiger partial charge in [0, 0.05) is 12.1 Å². The van der Waals surface area contributed by atoms with Gasteiger partial charge in [0.25, 0.3) is 0 Å². The maximum Gasteiger partial charge on any atom is 0.224 e. The molecule has 0 saturated carbocycles. The first kappa shape index (κ1) is 36.1. The van der Waals surface area contributed by atoms with E-state index in [1.165, 1.54) is 0 Å². The molecule has 0 bridgehead atoms. The number of hydrogen-bond donors (Lipinski definition) is 2. The van der Waals surface area contributed by atoms with E-state index in [9.17, 15) is 8.78 Å². The van der Waals surface area contributed by atoms with E-state index < -0.39 is 11.6 Å². The summed E-state index contributed by atoms with van der Waals surface area (Å²) in [4.78, 5) is 13.9. The molecule has 0 fully saturated rings. The summed E-state index contributed by atoms with van der Waals surface area (Å²) in [6.45, 7) is 12.0. The van der Waals surface area contributed by atoms with Crippen LogP contribution in [0.3, 0.4) is 0 Å². The third-order valence-electron chi connectivity index (χ3n) is 4.46. The van der Waals surface area contributed by atoms with Crippen LogP contribution in [0.5, 0.6) is 0 Å². The van der Waals surface area contributed by atoms with Gasteiger partial charge in [-0.2, -0.15) is 15.5 Å². The molecule has 2 aromatic heterocycles. The Labute approximate surface area is 232 Å². The predicted molar refractivity (Wildman–Crippen MR) is 141 cm³/mol. The zero-order valence-corrected chi connectivity index (χ0v) is 23.9. The highest BCUT2D eigenvalue weighted by molar-refractivity contribution is 6.31. The van der Waals surface area contributed by atoms with Gasteiger partial charge < -0.3 is 11.1 Å². The van der Waals surface area contributed by atoms with Gasteiger partial charge in [-0.25, -0.2) is 23.7 Å². The number of hydrogen-bond acceptors (Lipinski definition) is 8. The van der Waals surface area contributed by atoms with Crippen molar-refractivity contribution in [3.05, 3.63) is 39.7 Å².